The van der Waals surface area contributed by atoms with E-state index in [4.69, 9.17) is 9.47 Å². The molecule has 1 amide bonds. The average molecular weight is 398 g/mol. The number of benzene rings is 1. The number of rotatable bonds is 6. The number of hydrogen-bond acceptors (Lipinski definition) is 7. The molecule has 1 aliphatic rings. The summed E-state index contributed by atoms with van der Waals surface area (Å²) < 4.78 is 25.3. The molecule has 2 aromatic heterocycles. The number of carbonyl (C=O) groups excluding carboxylic acids is 1. The molecule has 9 nitrogen and oxygen atoms in total. The largest absolute Gasteiger partial charge is 0.479 e. The number of alkyl carbamates (subject to hydrolysis) is 1. The normalized spacial score (nSPS) is 15.7. The van der Waals surface area contributed by atoms with Crippen LogP contribution >= 0.6 is 0 Å². The van der Waals surface area contributed by atoms with Gasteiger partial charge in [0.15, 0.2) is 0 Å². The van der Waals surface area contributed by atoms with Crippen LogP contribution < -0.4 is 15.4 Å². The predicted octanol–water partition coefficient (Wildman–Crippen LogP) is 2.65. The van der Waals surface area contributed by atoms with Gasteiger partial charge in [-0.05, 0) is 30.2 Å². The number of methoxy groups -OCH3 is 1. The van der Waals surface area contributed by atoms with Crippen molar-refractivity contribution >= 4 is 17.7 Å². The third-order valence-electron chi connectivity index (χ3n) is 4.34. The van der Waals surface area contributed by atoms with Crippen LogP contribution in [0.15, 0.2) is 36.8 Å². The van der Waals surface area contributed by atoms with Gasteiger partial charge in [0.05, 0.1) is 32.6 Å². The second-order valence-corrected chi connectivity index (χ2v) is 6.62. The summed E-state index contributed by atoms with van der Waals surface area (Å²) in [5.41, 5.74) is 3.61. The minimum atomic E-state index is -0.626. The number of amides is 1. The molecule has 1 unspecified atom stereocenters. The van der Waals surface area contributed by atoms with Gasteiger partial charge in [-0.25, -0.2) is 9.78 Å². The van der Waals surface area contributed by atoms with Crippen molar-refractivity contribution in [3.05, 3.63) is 48.2 Å². The lowest BCUT2D eigenvalue weighted by molar-refractivity contribution is 0.129. The summed E-state index contributed by atoms with van der Waals surface area (Å²) in [5, 5.41) is 10.0. The minimum Gasteiger partial charge on any atom is -0.479 e. The Morgan fingerprint density at radius 3 is 2.97 bits per heavy atom. The van der Waals surface area contributed by atoms with E-state index in [2.05, 4.69) is 25.7 Å². The summed E-state index contributed by atoms with van der Waals surface area (Å²) in [6, 6.07) is 5.87. The van der Waals surface area contributed by atoms with Crippen LogP contribution in [0.2, 0.25) is 0 Å². The predicted molar refractivity (Wildman–Crippen MR) is 102 cm³/mol. The Labute approximate surface area is 165 Å². The molecule has 3 aromatic rings. The monoisotopic (exact) mass is 398 g/mol. The maximum absolute atomic E-state index is 13.5. The van der Waals surface area contributed by atoms with E-state index in [-0.39, 0.29) is 17.9 Å². The van der Waals surface area contributed by atoms with Crippen LogP contribution in [0.1, 0.15) is 5.56 Å². The molecule has 150 valence electrons. The van der Waals surface area contributed by atoms with Crippen molar-refractivity contribution in [1.29, 1.82) is 0 Å². The molecule has 0 spiro atoms. The number of anilines is 2. The van der Waals surface area contributed by atoms with Gasteiger partial charge in [0, 0.05) is 17.4 Å². The van der Waals surface area contributed by atoms with Crippen molar-refractivity contribution in [3.63, 3.8) is 0 Å². The van der Waals surface area contributed by atoms with Gasteiger partial charge < -0.3 is 20.1 Å². The highest BCUT2D eigenvalue weighted by atomic mass is 19.1. The Bertz CT molecular complexity index is 1050. The highest BCUT2D eigenvalue weighted by Gasteiger charge is 2.23. The summed E-state index contributed by atoms with van der Waals surface area (Å²) in [5.74, 6) is -0.525. The standard InChI is InChI=1S/C19H19FN6O3/c1-11-3-12(13-6-23-26(9-13)10-15-7-22-19(27)29-15)5-14(4-11)24-18-21-8-16(20)17(25-18)28-2/h3-6,8-9,15H,7,10H2,1-2H3,(H,22,27)(H,21,24,25). The van der Waals surface area contributed by atoms with Gasteiger partial charge in [0.25, 0.3) is 5.88 Å². The molecule has 29 heavy (non-hydrogen) atoms. The van der Waals surface area contributed by atoms with Gasteiger partial charge >= 0.3 is 6.09 Å². The first-order chi connectivity index (χ1) is 14.0. The van der Waals surface area contributed by atoms with E-state index in [9.17, 15) is 9.18 Å². The topological polar surface area (TPSA) is 103 Å². The third-order valence-corrected chi connectivity index (χ3v) is 4.34. The molecule has 0 radical (unpaired) electrons. The van der Waals surface area contributed by atoms with Crippen molar-refractivity contribution in [2.75, 3.05) is 19.0 Å². The van der Waals surface area contributed by atoms with Crippen LogP contribution in [-0.2, 0) is 11.3 Å². The maximum atomic E-state index is 13.5. The second-order valence-electron chi connectivity index (χ2n) is 6.62. The van der Waals surface area contributed by atoms with E-state index in [0.717, 1.165) is 28.6 Å². The fraction of sp³-hybridized carbons (Fsp3) is 0.263. The van der Waals surface area contributed by atoms with E-state index in [1.165, 1.54) is 7.11 Å². The molecule has 1 aromatic carbocycles. The molecular formula is C19H19FN6O3. The highest BCUT2D eigenvalue weighted by Crippen LogP contribution is 2.26. The summed E-state index contributed by atoms with van der Waals surface area (Å²) in [6.07, 6.45) is 4.05. The molecule has 10 heteroatoms. The number of nitrogens with one attached hydrogen (secondary N) is 2. The Morgan fingerprint density at radius 1 is 1.34 bits per heavy atom. The molecule has 1 fully saturated rings. The van der Waals surface area contributed by atoms with Crippen molar-refractivity contribution in [2.24, 2.45) is 0 Å². The molecule has 1 atom stereocenters. The van der Waals surface area contributed by atoms with Crippen LogP contribution in [-0.4, -0.2) is 45.6 Å². The quantitative estimate of drug-likeness (QED) is 0.658. The Morgan fingerprint density at radius 2 is 2.21 bits per heavy atom. The van der Waals surface area contributed by atoms with E-state index in [1.807, 2.05) is 31.3 Å². The van der Waals surface area contributed by atoms with Crippen molar-refractivity contribution in [2.45, 2.75) is 19.6 Å². The van der Waals surface area contributed by atoms with E-state index in [0.29, 0.717) is 13.1 Å². The number of aromatic nitrogens is 4. The summed E-state index contributed by atoms with van der Waals surface area (Å²) in [6.45, 7) is 2.90. The molecule has 0 aliphatic carbocycles. The van der Waals surface area contributed by atoms with E-state index in [1.54, 1.807) is 10.9 Å². The van der Waals surface area contributed by atoms with E-state index >= 15 is 0 Å². The number of cyclic esters (lactones) is 1. The zero-order valence-electron chi connectivity index (χ0n) is 15.8. The number of halogens is 1. The third kappa shape index (κ3) is 4.26. The first-order valence-electron chi connectivity index (χ1n) is 8.93. The number of aryl methyl sites for hydroxylation is 1. The molecule has 0 bridgehead atoms. The highest BCUT2D eigenvalue weighted by molar-refractivity contribution is 5.70. The van der Waals surface area contributed by atoms with E-state index < -0.39 is 11.9 Å². The number of hydrogen-bond donors (Lipinski definition) is 2. The zero-order valence-corrected chi connectivity index (χ0v) is 15.8. The first-order valence-corrected chi connectivity index (χ1v) is 8.93. The Balaban J connectivity index is 1.53. The number of ether oxygens (including phenoxy) is 2. The molecule has 1 aliphatic heterocycles. The summed E-state index contributed by atoms with van der Waals surface area (Å²) >= 11 is 0. The molecule has 2 N–H and O–H groups in total. The molecule has 0 saturated carbocycles. The smallest absolute Gasteiger partial charge is 0.407 e. The number of nitrogens with zero attached hydrogens (tertiary/aromatic N) is 4. The van der Waals surface area contributed by atoms with Crippen molar-refractivity contribution in [3.8, 4) is 17.0 Å². The van der Waals surface area contributed by atoms with Gasteiger partial charge in [0.2, 0.25) is 11.8 Å². The van der Waals surface area contributed by atoms with Gasteiger partial charge in [-0.3, -0.25) is 4.68 Å². The van der Waals surface area contributed by atoms with Crippen LogP contribution in [0.4, 0.5) is 20.8 Å². The summed E-state index contributed by atoms with van der Waals surface area (Å²) in [7, 11) is 1.35. The van der Waals surface area contributed by atoms with Crippen LogP contribution in [0.5, 0.6) is 5.88 Å². The van der Waals surface area contributed by atoms with Crippen LogP contribution in [0.25, 0.3) is 11.1 Å². The Kier molecular flexibility index (Phi) is 4.98. The lowest BCUT2D eigenvalue weighted by Gasteiger charge is -2.10. The molecule has 4 rings (SSSR count). The average Bonchev–Trinajstić information content (AvgIpc) is 3.32. The van der Waals surface area contributed by atoms with Crippen LogP contribution in [0, 0.1) is 12.7 Å². The first kappa shape index (κ1) is 18.7. The lowest BCUT2D eigenvalue weighted by atomic mass is 10.1. The number of carbonyl (C=O) groups is 1. The molecule has 1 saturated heterocycles. The lowest BCUT2D eigenvalue weighted by Crippen LogP contribution is -2.20. The summed E-state index contributed by atoms with van der Waals surface area (Å²) in [4.78, 5) is 19.1. The fourth-order valence-electron chi connectivity index (χ4n) is 3.06. The maximum Gasteiger partial charge on any atom is 0.407 e. The second kappa shape index (κ2) is 7.74. The van der Waals surface area contributed by atoms with Gasteiger partial charge in [-0.2, -0.15) is 14.5 Å². The van der Waals surface area contributed by atoms with Crippen LogP contribution in [0.3, 0.4) is 0 Å². The van der Waals surface area contributed by atoms with Crippen molar-refractivity contribution < 1.29 is 18.7 Å². The van der Waals surface area contributed by atoms with Gasteiger partial charge in [-0.1, -0.05) is 6.07 Å². The molecular weight excluding hydrogens is 379 g/mol. The fourth-order valence-corrected chi connectivity index (χ4v) is 3.06. The van der Waals surface area contributed by atoms with Gasteiger partial charge in [0.1, 0.15) is 6.10 Å². The van der Waals surface area contributed by atoms with Crippen molar-refractivity contribution in [1.82, 2.24) is 25.1 Å². The Hall–Kier alpha value is -3.69. The van der Waals surface area contributed by atoms with Gasteiger partial charge in [-0.15, -0.1) is 0 Å². The SMILES string of the molecule is COc1nc(Nc2cc(C)cc(-c3cnn(CC4CNC(=O)O4)c3)c2)ncc1F. The minimum absolute atomic E-state index is 0.126. The molecule has 3 heterocycles. The zero-order chi connectivity index (χ0) is 20.4.